The van der Waals surface area contributed by atoms with Crippen molar-refractivity contribution in [2.24, 2.45) is 5.92 Å². The van der Waals surface area contributed by atoms with Gasteiger partial charge >= 0.3 is 12.1 Å². The second-order valence-corrected chi connectivity index (χ2v) is 7.11. The molecule has 5 nitrogen and oxygen atoms in total. The number of alkyl halides is 3. The maximum absolute atomic E-state index is 12.7. The van der Waals surface area contributed by atoms with E-state index in [1.54, 1.807) is 6.07 Å². The highest BCUT2D eigenvalue weighted by Crippen LogP contribution is 2.30. The average molecular weight is 438 g/mol. The number of rotatable bonds is 3. The molecule has 1 aromatic carbocycles. The molecule has 1 saturated heterocycles. The van der Waals surface area contributed by atoms with Gasteiger partial charge in [-0.05, 0) is 48.7 Å². The number of carboxylic acid groups (broad SMARTS) is 1. The Bertz CT molecular complexity index is 1050. The molecule has 1 aliphatic rings. The number of nitrogens with zero attached hydrogens (tertiary/aromatic N) is 3. The second kappa shape index (κ2) is 8.47. The van der Waals surface area contributed by atoms with Crippen LogP contribution in [0.2, 0.25) is 0 Å². The van der Waals surface area contributed by atoms with Crippen LogP contribution in [0.1, 0.15) is 18.5 Å². The van der Waals surface area contributed by atoms with Crippen LogP contribution in [0.25, 0.3) is 22.0 Å². The number of aliphatic carboxylic acids is 1. The second-order valence-electron chi connectivity index (χ2n) is 7.11. The van der Waals surface area contributed by atoms with Crippen molar-refractivity contribution in [1.29, 1.82) is 0 Å². The first kappa shape index (κ1) is 21.8. The minimum absolute atomic E-state index is 0. The van der Waals surface area contributed by atoms with E-state index in [0.29, 0.717) is 31.5 Å². The Hall–Kier alpha value is -2.87. The molecule has 0 amide bonds. The lowest BCUT2D eigenvalue weighted by Crippen LogP contribution is -2.36. The van der Waals surface area contributed by atoms with Gasteiger partial charge in [-0.15, -0.1) is 12.4 Å². The average Bonchev–Trinajstić information content (AvgIpc) is 2.72. The molecule has 9 heteroatoms. The van der Waals surface area contributed by atoms with Crippen LogP contribution >= 0.6 is 12.4 Å². The van der Waals surface area contributed by atoms with Gasteiger partial charge < -0.3 is 10.0 Å². The number of anilines is 1. The van der Waals surface area contributed by atoms with Crippen LogP contribution in [0.5, 0.6) is 0 Å². The quantitative estimate of drug-likeness (QED) is 0.622. The van der Waals surface area contributed by atoms with E-state index in [-0.39, 0.29) is 18.3 Å². The molecule has 1 fully saturated rings. The van der Waals surface area contributed by atoms with Crippen molar-refractivity contribution in [2.75, 3.05) is 18.0 Å². The lowest BCUT2D eigenvalue weighted by Gasteiger charge is -2.31. The zero-order valence-electron chi connectivity index (χ0n) is 15.8. The molecule has 2 aromatic heterocycles. The normalized spacial score (nSPS) is 15.1. The van der Waals surface area contributed by atoms with E-state index < -0.39 is 17.8 Å². The Morgan fingerprint density at radius 2 is 1.73 bits per heavy atom. The van der Waals surface area contributed by atoms with Crippen molar-refractivity contribution in [1.82, 2.24) is 9.97 Å². The number of carboxylic acids is 1. The van der Waals surface area contributed by atoms with Gasteiger partial charge in [-0.3, -0.25) is 9.78 Å². The molecule has 158 valence electrons. The van der Waals surface area contributed by atoms with Gasteiger partial charge in [0.2, 0.25) is 0 Å². The molecule has 0 bridgehead atoms. The van der Waals surface area contributed by atoms with Crippen molar-refractivity contribution in [3.05, 3.63) is 54.4 Å². The van der Waals surface area contributed by atoms with E-state index in [4.69, 9.17) is 5.11 Å². The summed E-state index contributed by atoms with van der Waals surface area (Å²) in [6.45, 7) is 1.29. The first-order valence-corrected chi connectivity index (χ1v) is 9.23. The summed E-state index contributed by atoms with van der Waals surface area (Å²) < 4.78 is 38.0. The van der Waals surface area contributed by atoms with Crippen molar-refractivity contribution in [3.63, 3.8) is 0 Å². The third-order valence-electron chi connectivity index (χ3n) is 5.23. The number of hydrogen-bond acceptors (Lipinski definition) is 4. The Morgan fingerprint density at radius 3 is 2.33 bits per heavy atom. The summed E-state index contributed by atoms with van der Waals surface area (Å²) in [6.07, 6.45) is -2.05. The molecule has 4 rings (SSSR count). The summed E-state index contributed by atoms with van der Waals surface area (Å²) in [5.74, 6) is -0.252. The number of pyridine rings is 2. The number of benzene rings is 1. The molecular weight excluding hydrogens is 419 g/mol. The molecular formula is C21H19ClF3N3O2. The number of halogens is 4. The maximum atomic E-state index is 12.7. The molecule has 0 saturated carbocycles. The van der Waals surface area contributed by atoms with E-state index in [9.17, 15) is 18.0 Å². The van der Waals surface area contributed by atoms with Gasteiger partial charge in [0.05, 0.1) is 11.4 Å². The summed E-state index contributed by atoms with van der Waals surface area (Å²) in [4.78, 5) is 21.3. The predicted molar refractivity (Wildman–Crippen MR) is 110 cm³/mol. The number of hydrogen-bond donors (Lipinski definition) is 1. The molecule has 0 aliphatic carbocycles. The minimum Gasteiger partial charge on any atom is -0.481 e. The molecule has 3 aromatic rings. The first-order valence-electron chi connectivity index (χ1n) is 9.23. The van der Waals surface area contributed by atoms with Gasteiger partial charge in [-0.2, -0.15) is 13.2 Å². The smallest absolute Gasteiger partial charge is 0.433 e. The van der Waals surface area contributed by atoms with Crippen LogP contribution in [0.15, 0.2) is 48.7 Å². The minimum atomic E-state index is -4.46. The first-order chi connectivity index (χ1) is 13.8. The van der Waals surface area contributed by atoms with Gasteiger partial charge in [-0.25, -0.2) is 4.98 Å². The summed E-state index contributed by atoms with van der Waals surface area (Å²) in [7, 11) is 0. The van der Waals surface area contributed by atoms with E-state index in [0.717, 1.165) is 28.4 Å². The number of piperidine rings is 1. The molecule has 0 radical (unpaired) electrons. The Balaban J connectivity index is 0.00000256. The predicted octanol–water partition coefficient (Wildman–Crippen LogP) is 5.04. The van der Waals surface area contributed by atoms with Crippen molar-refractivity contribution in [2.45, 2.75) is 19.0 Å². The topological polar surface area (TPSA) is 66.3 Å². The van der Waals surface area contributed by atoms with Crippen LogP contribution in [0.4, 0.5) is 19.0 Å². The molecule has 1 aliphatic heterocycles. The largest absolute Gasteiger partial charge is 0.481 e. The molecule has 30 heavy (non-hydrogen) atoms. The summed E-state index contributed by atoms with van der Waals surface area (Å²) in [6, 6.07) is 11.7. The highest BCUT2D eigenvalue weighted by Gasteiger charge is 2.32. The lowest BCUT2D eigenvalue weighted by molar-refractivity contribution is -0.142. The summed E-state index contributed by atoms with van der Waals surface area (Å²) in [5.41, 5.74) is 1.21. The third-order valence-corrected chi connectivity index (χ3v) is 5.23. The van der Waals surface area contributed by atoms with E-state index in [1.165, 1.54) is 12.3 Å². The van der Waals surface area contributed by atoms with Gasteiger partial charge in [0, 0.05) is 30.2 Å². The fourth-order valence-electron chi connectivity index (χ4n) is 3.56. The van der Waals surface area contributed by atoms with Crippen molar-refractivity contribution >= 4 is 35.1 Å². The van der Waals surface area contributed by atoms with Crippen LogP contribution in [-0.4, -0.2) is 34.1 Å². The zero-order valence-corrected chi connectivity index (χ0v) is 16.6. The molecule has 0 unspecified atom stereocenters. The van der Waals surface area contributed by atoms with Crippen molar-refractivity contribution in [3.8, 4) is 11.1 Å². The Kier molecular flexibility index (Phi) is 6.17. The summed E-state index contributed by atoms with van der Waals surface area (Å²) in [5, 5.41) is 9.98. The van der Waals surface area contributed by atoms with Crippen molar-refractivity contribution < 1.29 is 23.1 Å². The van der Waals surface area contributed by atoms with Crippen LogP contribution in [-0.2, 0) is 11.0 Å². The molecule has 0 atom stereocenters. The fourth-order valence-corrected chi connectivity index (χ4v) is 3.56. The Labute approximate surface area is 177 Å². The Morgan fingerprint density at radius 1 is 1.03 bits per heavy atom. The van der Waals surface area contributed by atoms with Crippen LogP contribution in [0.3, 0.4) is 0 Å². The highest BCUT2D eigenvalue weighted by atomic mass is 35.5. The van der Waals surface area contributed by atoms with Crippen LogP contribution < -0.4 is 4.90 Å². The molecule has 1 N–H and O–H groups in total. The number of aromatic nitrogens is 2. The van der Waals surface area contributed by atoms with Gasteiger partial charge in [0.1, 0.15) is 11.5 Å². The SMILES string of the molecule is Cl.O=C(O)C1CCN(c2ccc3cc(-c4ccc(C(F)(F)F)nc4)ccc3n2)CC1. The number of carbonyl (C=O) groups is 1. The monoisotopic (exact) mass is 437 g/mol. The maximum Gasteiger partial charge on any atom is 0.433 e. The zero-order chi connectivity index (χ0) is 20.6. The fraction of sp³-hybridized carbons (Fsp3) is 0.286. The van der Waals surface area contributed by atoms with Gasteiger partial charge in [0.15, 0.2) is 0 Å². The third kappa shape index (κ3) is 4.48. The molecule has 3 heterocycles. The number of fused-ring (bicyclic) bond motifs is 1. The van der Waals surface area contributed by atoms with Gasteiger partial charge in [-0.1, -0.05) is 12.1 Å². The highest BCUT2D eigenvalue weighted by molar-refractivity contribution is 5.86. The van der Waals surface area contributed by atoms with Crippen LogP contribution in [0, 0.1) is 5.92 Å². The summed E-state index contributed by atoms with van der Waals surface area (Å²) >= 11 is 0. The van der Waals surface area contributed by atoms with E-state index in [1.807, 2.05) is 24.3 Å². The van der Waals surface area contributed by atoms with E-state index in [2.05, 4.69) is 14.9 Å². The lowest BCUT2D eigenvalue weighted by atomic mass is 9.97. The van der Waals surface area contributed by atoms with E-state index >= 15 is 0 Å². The van der Waals surface area contributed by atoms with Gasteiger partial charge in [0.25, 0.3) is 0 Å². The standard InChI is InChI=1S/C21H18F3N3O2.ClH/c22-21(23,24)18-5-2-16(12-25-18)14-1-4-17-15(11-14)3-6-19(26-17)27-9-7-13(8-10-27)20(28)29;/h1-6,11-13H,7-10H2,(H,28,29);1H. The molecule has 0 spiro atoms.